The van der Waals surface area contributed by atoms with Gasteiger partial charge in [-0.2, -0.15) is 0 Å². The number of rotatable bonds is 4. The molecular formula is C15H17N3O2. The monoisotopic (exact) mass is 271 g/mol. The van der Waals surface area contributed by atoms with Crippen molar-refractivity contribution in [2.24, 2.45) is 0 Å². The normalized spacial score (nSPS) is 12.1. The second-order valence-electron chi connectivity index (χ2n) is 4.73. The zero-order valence-electron chi connectivity index (χ0n) is 11.5. The molecule has 0 aliphatic heterocycles. The van der Waals surface area contributed by atoms with Crippen LogP contribution in [0.2, 0.25) is 0 Å². The molecule has 0 amide bonds. The van der Waals surface area contributed by atoms with Crippen LogP contribution in [0, 0.1) is 0 Å². The molecule has 0 spiro atoms. The van der Waals surface area contributed by atoms with E-state index in [9.17, 15) is 4.79 Å². The van der Waals surface area contributed by atoms with Crippen LogP contribution in [0.15, 0.2) is 30.3 Å². The van der Waals surface area contributed by atoms with Gasteiger partial charge in [0, 0.05) is 5.56 Å². The first kappa shape index (κ1) is 14.0. The molecule has 0 aliphatic rings. The fourth-order valence-electron chi connectivity index (χ4n) is 1.94. The first-order chi connectivity index (χ1) is 9.51. The maximum absolute atomic E-state index is 11.0. The summed E-state index contributed by atoms with van der Waals surface area (Å²) >= 11 is 0. The molecule has 1 aromatic carbocycles. The van der Waals surface area contributed by atoms with Crippen LogP contribution in [0.5, 0.6) is 0 Å². The SMILES string of the molecule is CCC(C)c1ccc(-c2cc(C(=O)O)nc(N)n2)cc1. The third kappa shape index (κ3) is 2.93. The third-order valence-corrected chi connectivity index (χ3v) is 3.35. The minimum Gasteiger partial charge on any atom is -0.477 e. The standard InChI is InChI=1S/C15H17N3O2/c1-3-9(2)10-4-6-11(7-5-10)12-8-13(14(19)20)18-15(16)17-12/h4-9H,3H2,1-2H3,(H,19,20)(H2,16,17,18). The molecule has 0 radical (unpaired) electrons. The maximum atomic E-state index is 11.0. The summed E-state index contributed by atoms with van der Waals surface area (Å²) in [7, 11) is 0. The number of carboxylic acids is 1. The predicted octanol–water partition coefficient (Wildman–Crippen LogP) is 2.94. The molecule has 1 heterocycles. The quantitative estimate of drug-likeness (QED) is 0.892. The maximum Gasteiger partial charge on any atom is 0.354 e. The number of benzene rings is 1. The van der Waals surface area contributed by atoms with E-state index in [0.717, 1.165) is 12.0 Å². The van der Waals surface area contributed by atoms with E-state index in [0.29, 0.717) is 11.6 Å². The van der Waals surface area contributed by atoms with E-state index in [4.69, 9.17) is 10.8 Å². The molecule has 0 saturated carbocycles. The Morgan fingerprint density at radius 2 is 1.95 bits per heavy atom. The van der Waals surface area contributed by atoms with Crippen LogP contribution >= 0.6 is 0 Å². The number of aromatic nitrogens is 2. The van der Waals surface area contributed by atoms with E-state index in [1.54, 1.807) is 0 Å². The number of hydrogen-bond acceptors (Lipinski definition) is 4. The molecule has 2 rings (SSSR count). The number of nitrogens with two attached hydrogens (primary N) is 1. The minimum absolute atomic E-state index is 0.0362. The lowest BCUT2D eigenvalue weighted by Gasteiger charge is -2.10. The predicted molar refractivity (Wildman–Crippen MR) is 77.5 cm³/mol. The number of carbonyl (C=O) groups is 1. The minimum atomic E-state index is -1.11. The van der Waals surface area contributed by atoms with Gasteiger partial charge in [0.05, 0.1) is 5.69 Å². The van der Waals surface area contributed by atoms with Gasteiger partial charge < -0.3 is 10.8 Å². The van der Waals surface area contributed by atoms with Crippen LogP contribution in [0.25, 0.3) is 11.3 Å². The van der Waals surface area contributed by atoms with Gasteiger partial charge in [-0.15, -0.1) is 0 Å². The molecule has 3 N–H and O–H groups in total. The summed E-state index contributed by atoms with van der Waals surface area (Å²) in [5.41, 5.74) is 8.04. The van der Waals surface area contributed by atoms with Crippen molar-refractivity contribution in [1.29, 1.82) is 0 Å². The Bertz CT molecular complexity index is 624. The highest BCUT2D eigenvalue weighted by atomic mass is 16.4. The van der Waals surface area contributed by atoms with E-state index in [1.165, 1.54) is 11.6 Å². The summed E-state index contributed by atoms with van der Waals surface area (Å²) in [5.74, 6) is -0.656. The van der Waals surface area contributed by atoms with Crippen molar-refractivity contribution in [2.75, 3.05) is 5.73 Å². The Morgan fingerprint density at radius 1 is 1.30 bits per heavy atom. The molecule has 104 valence electrons. The Kier molecular flexibility index (Phi) is 3.98. The summed E-state index contributed by atoms with van der Waals surface area (Å²) in [4.78, 5) is 18.7. The van der Waals surface area contributed by atoms with Crippen LogP contribution in [0.4, 0.5) is 5.95 Å². The van der Waals surface area contributed by atoms with Crippen molar-refractivity contribution in [1.82, 2.24) is 9.97 Å². The number of nitrogen functional groups attached to an aromatic ring is 1. The van der Waals surface area contributed by atoms with Gasteiger partial charge in [0.25, 0.3) is 0 Å². The molecule has 2 aromatic rings. The van der Waals surface area contributed by atoms with E-state index >= 15 is 0 Å². The fourth-order valence-corrected chi connectivity index (χ4v) is 1.94. The molecule has 0 aliphatic carbocycles. The topological polar surface area (TPSA) is 89.1 Å². The lowest BCUT2D eigenvalue weighted by Crippen LogP contribution is -2.06. The van der Waals surface area contributed by atoms with Crippen LogP contribution in [-0.2, 0) is 0 Å². The molecular weight excluding hydrogens is 254 g/mol. The highest BCUT2D eigenvalue weighted by Crippen LogP contribution is 2.23. The van der Waals surface area contributed by atoms with Crippen molar-refractivity contribution in [2.45, 2.75) is 26.2 Å². The van der Waals surface area contributed by atoms with Crippen molar-refractivity contribution in [3.8, 4) is 11.3 Å². The molecule has 1 unspecified atom stereocenters. The zero-order valence-corrected chi connectivity index (χ0v) is 11.5. The van der Waals surface area contributed by atoms with Crippen LogP contribution in [0.1, 0.15) is 42.2 Å². The molecule has 20 heavy (non-hydrogen) atoms. The van der Waals surface area contributed by atoms with Gasteiger partial charge in [0.1, 0.15) is 0 Å². The Morgan fingerprint density at radius 3 is 2.50 bits per heavy atom. The average molecular weight is 271 g/mol. The first-order valence-corrected chi connectivity index (χ1v) is 6.49. The summed E-state index contributed by atoms with van der Waals surface area (Å²) in [6.07, 6.45) is 1.07. The second kappa shape index (κ2) is 5.69. The van der Waals surface area contributed by atoms with Crippen LogP contribution in [-0.4, -0.2) is 21.0 Å². The van der Waals surface area contributed by atoms with E-state index in [1.807, 2.05) is 24.3 Å². The number of aromatic carboxylic acids is 1. The van der Waals surface area contributed by atoms with E-state index < -0.39 is 5.97 Å². The van der Waals surface area contributed by atoms with Crippen molar-refractivity contribution in [3.63, 3.8) is 0 Å². The first-order valence-electron chi connectivity index (χ1n) is 6.49. The van der Waals surface area contributed by atoms with Gasteiger partial charge in [-0.3, -0.25) is 0 Å². The average Bonchev–Trinajstić information content (AvgIpc) is 2.46. The Hall–Kier alpha value is -2.43. The second-order valence-corrected chi connectivity index (χ2v) is 4.73. The highest BCUT2D eigenvalue weighted by Gasteiger charge is 2.11. The van der Waals surface area contributed by atoms with E-state index in [2.05, 4.69) is 23.8 Å². The molecule has 1 atom stereocenters. The number of nitrogens with zero attached hydrogens (tertiary/aromatic N) is 2. The van der Waals surface area contributed by atoms with Crippen molar-refractivity contribution >= 4 is 11.9 Å². The lowest BCUT2D eigenvalue weighted by atomic mass is 9.97. The van der Waals surface area contributed by atoms with Crippen LogP contribution in [0.3, 0.4) is 0 Å². The summed E-state index contributed by atoms with van der Waals surface area (Å²) in [5, 5.41) is 8.98. The number of hydrogen-bond donors (Lipinski definition) is 2. The van der Waals surface area contributed by atoms with Gasteiger partial charge in [-0.1, -0.05) is 38.1 Å². The van der Waals surface area contributed by atoms with Crippen molar-refractivity contribution in [3.05, 3.63) is 41.6 Å². The Balaban J connectivity index is 2.39. The van der Waals surface area contributed by atoms with Gasteiger partial charge in [0.2, 0.25) is 5.95 Å². The van der Waals surface area contributed by atoms with E-state index in [-0.39, 0.29) is 11.6 Å². The zero-order chi connectivity index (χ0) is 14.7. The third-order valence-electron chi connectivity index (χ3n) is 3.35. The van der Waals surface area contributed by atoms with Gasteiger partial charge >= 0.3 is 5.97 Å². The van der Waals surface area contributed by atoms with Gasteiger partial charge in [-0.25, -0.2) is 14.8 Å². The van der Waals surface area contributed by atoms with Gasteiger partial charge in [0.15, 0.2) is 5.69 Å². The summed E-state index contributed by atoms with van der Waals surface area (Å²) in [6, 6.07) is 9.34. The molecule has 5 nitrogen and oxygen atoms in total. The smallest absolute Gasteiger partial charge is 0.354 e. The van der Waals surface area contributed by atoms with Crippen LogP contribution < -0.4 is 5.73 Å². The molecule has 1 aromatic heterocycles. The lowest BCUT2D eigenvalue weighted by molar-refractivity contribution is 0.0690. The number of carboxylic acid groups (broad SMARTS) is 1. The van der Waals surface area contributed by atoms with Gasteiger partial charge in [-0.05, 0) is 24.0 Å². The molecule has 0 bridgehead atoms. The molecule has 5 heteroatoms. The highest BCUT2D eigenvalue weighted by molar-refractivity contribution is 5.87. The molecule has 0 saturated heterocycles. The Labute approximate surface area is 117 Å². The number of anilines is 1. The van der Waals surface area contributed by atoms with Crippen molar-refractivity contribution < 1.29 is 9.90 Å². The summed E-state index contributed by atoms with van der Waals surface area (Å²) in [6.45, 7) is 4.31. The largest absolute Gasteiger partial charge is 0.477 e. The fraction of sp³-hybridized carbons (Fsp3) is 0.267. The molecule has 0 fully saturated rings. The summed E-state index contributed by atoms with van der Waals surface area (Å²) < 4.78 is 0.